The Morgan fingerprint density at radius 2 is 2.10 bits per heavy atom. The molecule has 0 aliphatic rings. The molecule has 1 aromatic carbocycles. The first kappa shape index (κ1) is 13.9. The Morgan fingerprint density at radius 3 is 2.75 bits per heavy atom. The van der Waals surface area contributed by atoms with Crippen LogP contribution in [0.1, 0.15) is 12.5 Å². The number of phenols is 1. The predicted molar refractivity (Wildman–Crippen MR) is 75.8 cm³/mol. The number of rotatable bonds is 5. The summed E-state index contributed by atoms with van der Waals surface area (Å²) in [5.74, 6) is 0.427. The number of phenolic OH excluding ortho intramolecular Hbond substituents is 1. The van der Waals surface area contributed by atoms with E-state index in [9.17, 15) is 9.90 Å². The molecule has 0 saturated carbocycles. The van der Waals surface area contributed by atoms with Gasteiger partial charge in [-0.2, -0.15) is 0 Å². The summed E-state index contributed by atoms with van der Waals surface area (Å²) in [5, 5.41) is 12.3. The molecule has 2 aromatic rings. The van der Waals surface area contributed by atoms with E-state index in [-0.39, 0.29) is 18.1 Å². The lowest BCUT2D eigenvalue weighted by Gasteiger charge is -2.07. The highest BCUT2D eigenvalue weighted by Crippen LogP contribution is 2.17. The number of nitrogens with one attached hydrogen (secondary N) is 1. The van der Waals surface area contributed by atoms with E-state index < -0.39 is 0 Å². The summed E-state index contributed by atoms with van der Waals surface area (Å²) in [6.07, 6.45) is 1.65. The van der Waals surface area contributed by atoms with Gasteiger partial charge in [-0.05, 0) is 19.1 Å². The van der Waals surface area contributed by atoms with Crippen LogP contribution in [0.5, 0.6) is 11.6 Å². The molecule has 0 spiro atoms. The first-order valence-corrected chi connectivity index (χ1v) is 6.34. The number of aromatic nitrogens is 1. The Balaban J connectivity index is 1.96. The molecule has 1 amide bonds. The van der Waals surface area contributed by atoms with Crippen molar-refractivity contribution < 1.29 is 14.6 Å². The van der Waals surface area contributed by atoms with Crippen LogP contribution in [0.4, 0.5) is 5.69 Å². The highest BCUT2D eigenvalue weighted by atomic mass is 16.5. The number of hydrogen-bond donors (Lipinski definition) is 2. The number of para-hydroxylation sites is 1. The summed E-state index contributed by atoms with van der Waals surface area (Å²) in [6, 6.07) is 10.2. The molecule has 0 radical (unpaired) electrons. The van der Waals surface area contributed by atoms with Gasteiger partial charge < -0.3 is 15.2 Å². The fraction of sp³-hybridized carbons (Fsp3) is 0.200. The Morgan fingerprint density at radius 1 is 1.30 bits per heavy atom. The molecule has 20 heavy (non-hydrogen) atoms. The number of carbonyl (C=O) groups excluding carboxylic acids is 1. The van der Waals surface area contributed by atoms with E-state index >= 15 is 0 Å². The second-order valence-corrected chi connectivity index (χ2v) is 4.17. The number of nitrogens with zero attached hydrogens (tertiary/aromatic N) is 1. The number of amides is 1. The van der Waals surface area contributed by atoms with Gasteiger partial charge in [0.1, 0.15) is 5.75 Å². The topological polar surface area (TPSA) is 71.5 Å². The number of benzene rings is 1. The fourth-order valence-corrected chi connectivity index (χ4v) is 1.73. The van der Waals surface area contributed by atoms with Gasteiger partial charge in [-0.1, -0.05) is 18.2 Å². The fourth-order valence-electron chi connectivity index (χ4n) is 1.73. The maximum atomic E-state index is 11.9. The maximum absolute atomic E-state index is 11.9. The second-order valence-electron chi connectivity index (χ2n) is 4.17. The number of aromatic hydroxyl groups is 1. The highest BCUT2D eigenvalue weighted by Gasteiger charge is 2.07. The molecule has 2 N–H and O–H groups in total. The summed E-state index contributed by atoms with van der Waals surface area (Å²) in [4.78, 5) is 15.9. The van der Waals surface area contributed by atoms with E-state index in [0.29, 0.717) is 23.7 Å². The van der Waals surface area contributed by atoms with Crippen LogP contribution in [0.25, 0.3) is 0 Å². The van der Waals surface area contributed by atoms with Crippen molar-refractivity contribution in [2.24, 2.45) is 0 Å². The van der Waals surface area contributed by atoms with Crippen LogP contribution in [0.2, 0.25) is 0 Å². The lowest BCUT2D eigenvalue weighted by Crippen LogP contribution is -2.14. The van der Waals surface area contributed by atoms with Crippen molar-refractivity contribution in [1.29, 1.82) is 0 Å². The van der Waals surface area contributed by atoms with Crippen LogP contribution in [-0.2, 0) is 11.2 Å². The van der Waals surface area contributed by atoms with Gasteiger partial charge in [0.05, 0.1) is 24.9 Å². The molecule has 0 bridgehead atoms. The molecule has 0 unspecified atom stereocenters. The van der Waals surface area contributed by atoms with E-state index in [4.69, 9.17) is 4.74 Å². The average molecular weight is 272 g/mol. The van der Waals surface area contributed by atoms with Gasteiger partial charge in [-0.3, -0.25) is 4.79 Å². The van der Waals surface area contributed by atoms with Crippen LogP contribution in [-0.4, -0.2) is 22.6 Å². The third-order valence-corrected chi connectivity index (χ3v) is 2.65. The van der Waals surface area contributed by atoms with Crippen molar-refractivity contribution in [3.8, 4) is 11.6 Å². The predicted octanol–water partition coefficient (Wildman–Crippen LogP) is 2.37. The van der Waals surface area contributed by atoms with E-state index in [1.165, 1.54) is 6.20 Å². The molecule has 0 fully saturated rings. The number of hydrogen-bond acceptors (Lipinski definition) is 4. The molecular weight excluding hydrogens is 256 g/mol. The smallest absolute Gasteiger partial charge is 0.228 e. The standard InChI is InChI=1S/C15H16N2O3/c1-2-20-15-8-7-12(10-16-15)17-14(19)9-11-5-3-4-6-13(11)18/h3-8,10,18H,2,9H2,1H3,(H,17,19). The number of ether oxygens (including phenoxy) is 1. The molecule has 0 aliphatic carbocycles. The monoisotopic (exact) mass is 272 g/mol. The number of pyridine rings is 1. The van der Waals surface area contributed by atoms with Gasteiger partial charge in [0.25, 0.3) is 0 Å². The maximum Gasteiger partial charge on any atom is 0.228 e. The first-order valence-electron chi connectivity index (χ1n) is 6.34. The SMILES string of the molecule is CCOc1ccc(NC(=O)Cc2ccccc2O)cn1. The van der Waals surface area contributed by atoms with Crippen LogP contribution in [0.3, 0.4) is 0 Å². The van der Waals surface area contributed by atoms with Crippen LogP contribution >= 0.6 is 0 Å². The van der Waals surface area contributed by atoms with Crippen molar-refractivity contribution in [2.45, 2.75) is 13.3 Å². The Kier molecular flexibility index (Phi) is 4.55. The Bertz CT molecular complexity index is 582. The van der Waals surface area contributed by atoms with E-state index in [2.05, 4.69) is 10.3 Å². The summed E-state index contributed by atoms with van der Waals surface area (Å²) in [5.41, 5.74) is 1.18. The lowest BCUT2D eigenvalue weighted by molar-refractivity contribution is -0.115. The molecular formula is C15H16N2O3. The molecule has 104 valence electrons. The van der Waals surface area contributed by atoms with Gasteiger partial charge in [0, 0.05) is 11.6 Å². The minimum atomic E-state index is -0.211. The largest absolute Gasteiger partial charge is 0.508 e. The lowest BCUT2D eigenvalue weighted by atomic mass is 10.1. The first-order chi connectivity index (χ1) is 9.69. The van der Waals surface area contributed by atoms with Crippen LogP contribution in [0.15, 0.2) is 42.6 Å². The molecule has 5 heteroatoms. The summed E-state index contributed by atoms with van der Waals surface area (Å²) >= 11 is 0. The quantitative estimate of drug-likeness (QED) is 0.876. The van der Waals surface area contributed by atoms with Gasteiger partial charge in [0.2, 0.25) is 11.8 Å². The van der Waals surface area contributed by atoms with Crippen LogP contribution in [0, 0.1) is 0 Å². The van der Waals surface area contributed by atoms with E-state index in [0.717, 1.165) is 0 Å². The number of anilines is 1. The zero-order valence-corrected chi connectivity index (χ0v) is 11.2. The molecule has 1 heterocycles. The third-order valence-electron chi connectivity index (χ3n) is 2.65. The summed E-state index contributed by atoms with van der Waals surface area (Å²) < 4.78 is 5.22. The Labute approximate surface area is 117 Å². The molecule has 2 rings (SSSR count). The molecule has 1 aromatic heterocycles. The second kappa shape index (κ2) is 6.56. The van der Waals surface area contributed by atoms with Gasteiger partial charge in [-0.25, -0.2) is 4.98 Å². The van der Waals surface area contributed by atoms with Crippen molar-refractivity contribution in [3.63, 3.8) is 0 Å². The Hall–Kier alpha value is -2.56. The molecule has 0 atom stereocenters. The van der Waals surface area contributed by atoms with Gasteiger partial charge in [0.15, 0.2) is 0 Å². The minimum absolute atomic E-state index is 0.111. The van der Waals surface area contributed by atoms with Crippen molar-refractivity contribution in [2.75, 3.05) is 11.9 Å². The van der Waals surface area contributed by atoms with Gasteiger partial charge >= 0.3 is 0 Å². The third kappa shape index (κ3) is 3.71. The average Bonchev–Trinajstić information content (AvgIpc) is 2.44. The van der Waals surface area contributed by atoms with Crippen molar-refractivity contribution in [3.05, 3.63) is 48.2 Å². The van der Waals surface area contributed by atoms with E-state index in [1.807, 2.05) is 6.92 Å². The van der Waals surface area contributed by atoms with Crippen molar-refractivity contribution >= 4 is 11.6 Å². The highest BCUT2D eigenvalue weighted by molar-refractivity contribution is 5.92. The molecule has 5 nitrogen and oxygen atoms in total. The normalized spacial score (nSPS) is 10.1. The summed E-state index contributed by atoms with van der Waals surface area (Å²) in [6.45, 7) is 2.43. The van der Waals surface area contributed by atoms with Gasteiger partial charge in [-0.15, -0.1) is 0 Å². The number of carbonyl (C=O) groups is 1. The zero-order chi connectivity index (χ0) is 14.4. The molecule has 0 saturated heterocycles. The van der Waals surface area contributed by atoms with Crippen molar-refractivity contribution in [1.82, 2.24) is 4.98 Å². The zero-order valence-electron chi connectivity index (χ0n) is 11.2. The molecule has 0 aliphatic heterocycles. The summed E-state index contributed by atoms with van der Waals surface area (Å²) in [7, 11) is 0. The van der Waals surface area contributed by atoms with E-state index in [1.54, 1.807) is 36.4 Å². The van der Waals surface area contributed by atoms with Crippen LogP contribution < -0.4 is 10.1 Å². The minimum Gasteiger partial charge on any atom is -0.508 e.